The lowest BCUT2D eigenvalue weighted by atomic mass is 9.98. The summed E-state index contributed by atoms with van der Waals surface area (Å²) in [5, 5.41) is 0.967. The highest BCUT2D eigenvalue weighted by molar-refractivity contribution is 9.09. The first kappa shape index (κ1) is 12.4. The number of aromatic nitrogens is 1. The molecule has 0 saturated heterocycles. The number of allylic oxidation sites excluding steroid dienone is 2. The van der Waals surface area contributed by atoms with Crippen molar-refractivity contribution >= 4 is 21.5 Å². The molecule has 0 unspecified atom stereocenters. The normalized spacial score (nSPS) is 15.3. The van der Waals surface area contributed by atoms with Crippen molar-refractivity contribution in [1.82, 2.24) is 4.98 Å². The summed E-state index contributed by atoms with van der Waals surface area (Å²) in [4.78, 5) is 4.36. The van der Waals surface area contributed by atoms with Gasteiger partial charge in [-0.3, -0.25) is 0 Å². The molecule has 0 bridgehead atoms. The SMILES string of the molecule is BrCCC=C1Cc2ccccc2Oc2ncccc21. The predicted molar refractivity (Wildman–Crippen MR) is 80.8 cm³/mol. The molecule has 1 aromatic carbocycles. The highest BCUT2D eigenvalue weighted by atomic mass is 79.9. The van der Waals surface area contributed by atoms with Crippen LogP contribution in [-0.2, 0) is 6.42 Å². The predicted octanol–water partition coefficient (Wildman–Crippen LogP) is 4.60. The molecule has 3 rings (SSSR count). The van der Waals surface area contributed by atoms with E-state index in [9.17, 15) is 0 Å². The number of benzene rings is 1. The number of ether oxygens (including phenoxy) is 1. The van der Waals surface area contributed by atoms with Crippen molar-refractivity contribution < 1.29 is 4.74 Å². The fourth-order valence-electron chi connectivity index (χ4n) is 2.28. The number of rotatable bonds is 2. The first-order valence-electron chi connectivity index (χ1n) is 6.34. The average molecular weight is 316 g/mol. The summed E-state index contributed by atoms with van der Waals surface area (Å²) < 4.78 is 5.95. The van der Waals surface area contributed by atoms with Gasteiger partial charge < -0.3 is 4.74 Å². The fraction of sp³-hybridized carbons (Fsp3) is 0.188. The summed E-state index contributed by atoms with van der Waals surface area (Å²) in [6.45, 7) is 0. The van der Waals surface area contributed by atoms with Gasteiger partial charge in [-0.2, -0.15) is 0 Å². The lowest BCUT2D eigenvalue weighted by Crippen LogP contribution is -1.91. The second-order valence-corrected chi connectivity index (χ2v) is 5.24. The average Bonchev–Trinajstić information content (AvgIpc) is 2.61. The van der Waals surface area contributed by atoms with Crippen LogP contribution in [0.25, 0.3) is 5.57 Å². The van der Waals surface area contributed by atoms with Crippen molar-refractivity contribution in [2.45, 2.75) is 12.8 Å². The fourth-order valence-corrected chi connectivity index (χ4v) is 2.51. The molecule has 1 aromatic heterocycles. The molecule has 0 fully saturated rings. The van der Waals surface area contributed by atoms with E-state index in [1.54, 1.807) is 6.20 Å². The van der Waals surface area contributed by atoms with Gasteiger partial charge in [0.15, 0.2) is 0 Å². The number of hydrogen-bond acceptors (Lipinski definition) is 2. The van der Waals surface area contributed by atoms with Gasteiger partial charge in [-0.1, -0.05) is 40.2 Å². The third kappa shape index (κ3) is 2.56. The van der Waals surface area contributed by atoms with E-state index in [4.69, 9.17) is 4.74 Å². The van der Waals surface area contributed by atoms with Crippen LogP contribution >= 0.6 is 15.9 Å². The molecule has 2 heterocycles. The van der Waals surface area contributed by atoms with Gasteiger partial charge in [0.2, 0.25) is 5.88 Å². The van der Waals surface area contributed by atoms with Crippen LogP contribution in [0.3, 0.4) is 0 Å². The Kier molecular flexibility index (Phi) is 3.65. The summed E-state index contributed by atoms with van der Waals surface area (Å²) >= 11 is 3.48. The highest BCUT2D eigenvalue weighted by Crippen LogP contribution is 2.37. The number of hydrogen-bond donors (Lipinski definition) is 0. The van der Waals surface area contributed by atoms with Gasteiger partial charge in [0, 0.05) is 23.5 Å². The smallest absolute Gasteiger partial charge is 0.226 e. The maximum absolute atomic E-state index is 5.95. The maximum Gasteiger partial charge on any atom is 0.226 e. The van der Waals surface area contributed by atoms with E-state index < -0.39 is 0 Å². The third-order valence-electron chi connectivity index (χ3n) is 3.18. The molecule has 2 aromatic rings. The number of para-hydroxylation sites is 1. The summed E-state index contributed by atoms with van der Waals surface area (Å²) in [6.07, 6.45) is 5.93. The van der Waals surface area contributed by atoms with E-state index in [1.807, 2.05) is 24.3 Å². The van der Waals surface area contributed by atoms with Gasteiger partial charge >= 0.3 is 0 Å². The van der Waals surface area contributed by atoms with Crippen molar-refractivity contribution in [1.29, 1.82) is 0 Å². The molecule has 96 valence electrons. The minimum absolute atomic E-state index is 0.702. The van der Waals surface area contributed by atoms with E-state index in [-0.39, 0.29) is 0 Å². The third-order valence-corrected chi connectivity index (χ3v) is 3.63. The molecule has 3 heteroatoms. The minimum Gasteiger partial charge on any atom is -0.438 e. The van der Waals surface area contributed by atoms with Gasteiger partial charge in [0.05, 0.1) is 0 Å². The van der Waals surface area contributed by atoms with Crippen molar-refractivity contribution in [2.75, 3.05) is 5.33 Å². The van der Waals surface area contributed by atoms with Crippen LogP contribution in [0.4, 0.5) is 0 Å². The van der Waals surface area contributed by atoms with Crippen LogP contribution in [-0.4, -0.2) is 10.3 Å². The quantitative estimate of drug-likeness (QED) is 0.756. The first-order chi connectivity index (χ1) is 9.38. The van der Waals surface area contributed by atoms with Crippen LogP contribution in [0, 0.1) is 0 Å². The number of alkyl halides is 1. The number of fused-ring (bicyclic) bond motifs is 2. The zero-order valence-corrected chi connectivity index (χ0v) is 12.1. The molecule has 0 radical (unpaired) electrons. The molecule has 0 atom stereocenters. The second-order valence-electron chi connectivity index (χ2n) is 4.45. The van der Waals surface area contributed by atoms with Crippen LogP contribution < -0.4 is 4.74 Å². The molecule has 0 spiro atoms. The molecular formula is C16H14BrNO. The largest absolute Gasteiger partial charge is 0.438 e. The van der Waals surface area contributed by atoms with Gasteiger partial charge in [0.25, 0.3) is 0 Å². The Balaban J connectivity index is 2.11. The monoisotopic (exact) mass is 315 g/mol. The first-order valence-corrected chi connectivity index (χ1v) is 7.47. The van der Waals surface area contributed by atoms with E-state index in [0.29, 0.717) is 5.88 Å². The lowest BCUT2D eigenvalue weighted by Gasteiger charge is -2.06. The topological polar surface area (TPSA) is 22.1 Å². The van der Waals surface area contributed by atoms with Crippen LogP contribution in [0.1, 0.15) is 17.5 Å². The van der Waals surface area contributed by atoms with Crippen LogP contribution in [0.15, 0.2) is 48.7 Å². The Hall–Kier alpha value is -1.61. The molecular weight excluding hydrogens is 302 g/mol. The zero-order valence-electron chi connectivity index (χ0n) is 10.5. The standard InChI is InChI=1S/C16H14BrNO/c17-9-3-6-12-11-13-5-1-2-8-15(13)19-16-14(12)7-4-10-18-16/h1-2,4-8,10H,3,9,11H2. The van der Waals surface area contributed by atoms with Gasteiger partial charge in [-0.05, 0) is 35.8 Å². The Morgan fingerprint density at radius 3 is 3.00 bits per heavy atom. The summed E-state index contributed by atoms with van der Waals surface area (Å²) in [5.74, 6) is 1.61. The molecule has 0 saturated carbocycles. The maximum atomic E-state index is 5.95. The van der Waals surface area contributed by atoms with Crippen LogP contribution in [0.5, 0.6) is 11.6 Å². The van der Waals surface area contributed by atoms with Crippen molar-refractivity contribution in [3.05, 3.63) is 59.8 Å². The molecule has 19 heavy (non-hydrogen) atoms. The molecule has 0 aliphatic carbocycles. The van der Waals surface area contributed by atoms with Gasteiger partial charge in [-0.25, -0.2) is 4.98 Å². The van der Waals surface area contributed by atoms with Crippen molar-refractivity contribution in [3.63, 3.8) is 0 Å². The number of nitrogens with zero attached hydrogens (tertiary/aromatic N) is 1. The van der Waals surface area contributed by atoms with Crippen molar-refractivity contribution in [2.24, 2.45) is 0 Å². The Morgan fingerprint density at radius 1 is 1.21 bits per heavy atom. The zero-order chi connectivity index (χ0) is 13.1. The van der Waals surface area contributed by atoms with Gasteiger partial charge in [-0.15, -0.1) is 0 Å². The molecule has 2 nitrogen and oxygen atoms in total. The molecule has 0 amide bonds. The second kappa shape index (κ2) is 5.57. The molecule has 0 N–H and O–H groups in total. The number of halogens is 1. The Labute approximate surface area is 121 Å². The Morgan fingerprint density at radius 2 is 2.11 bits per heavy atom. The Bertz CT molecular complexity index is 622. The number of pyridine rings is 1. The molecule has 1 aliphatic rings. The van der Waals surface area contributed by atoms with Gasteiger partial charge in [0.1, 0.15) is 5.75 Å². The van der Waals surface area contributed by atoms with E-state index in [0.717, 1.165) is 29.5 Å². The molecule has 1 aliphatic heterocycles. The summed E-state index contributed by atoms with van der Waals surface area (Å²) in [6, 6.07) is 12.2. The summed E-state index contributed by atoms with van der Waals surface area (Å²) in [7, 11) is 0. The summed E-state index contributed by atoms with van der Waals surface area (Å²) in [5.41, 5.74) is 3.59. The van der Waals surface area contributed by atoms with E-state index in [2.05, 4.69) is 39.1 Å². The van der Waals surface area contributed by atoms with Crippen LogP contribution in [0.2, 0.25) is 0 Å². The van der Waals surface area contributed by atoms with E-state index in [1.165, 1.54) is 11.1 Å². The van der Waals surface area contributed by atoms with Crippen molar-refractivity contribution in [3.8, 4) is 11.6 Å². The minimum atomic E-state index is 0.702. The highest BCUT2D eigenvalue weighted by Gasteiger charge is 2.18. The lowest BCUT2D eigenvalue weighted by molar-refractivity contribution is 0.460. The van der Waals surface area contributed by atoms with E-state index >= 15 is 0 Å².